The van der Waals surface area contributed by atoms with Gasteiger partial charge in [-0.2, -0.15) is 0 Å². The van der Waals surface area contributed by atoms with E-state index in [1.807, 2.05) is 24.3 Å². The van der Waals surface area contributed by atoms with E-state index in [-0.39, 0.29) is 11.8 Å². The molecule has 3 N–H and O–H groups in total. The number of benzene rings is 3. The van der Waals surface area contributed by atoms with Crippen molar-refractivity contribution in [2.45, 2.75) is 6.54 Å². The summed E-state index contributed by atoms with van der Waals surface area (Å²) in [6.45, 7) is 0.335. The number of rotatable bonds is 3. The summed E-state index contributed by atoms with van der Waals surface area (Å²) in [4.78, 5) is 12.1. The van der Waals surface area contributed by atoms with Gasteiger partial charge in [-0.1, -0.05) is 54.1 Å². The van der Waals surface area contributed by atoms with Gasteiger partial charge in [-0.3, -0.25) is 0 Å². The summed E-state index contributed by atoms with van der Waals surface area (Å²) >= 11 is 6.06. The maximum atomic E-state index is 12.1. The van der Waals surface area contributed by atoms with Crippen molar-refractivity contribution in [2.75, 3.05) is 5.32 Å². The number of carbonyl (C=O) groups is 1. The fourth-order valence-corrected chi connectivity index (χ4v) is 2.59. The average Bonchev–Trinajstić information content (AvgIpc) is 2.55. The summed E-state index contributed by atoms with van der Waals surface area (Å²) < 4.78 is 0. The molecule has 0 aliphatic carbocycles. The van der Waals surface area contributed by atoms with Crippen molar-refractivity contribution in [2.24, 2.45) is 0 Å². The molecule has 0 saturated heterocycles. The van der Waals surface area contributed by atoms with Gasteiger partial charge in [-0.25, -0.2) is 4.79 Å². The molecule has 5 heteroatoms. The molecule has 0 aromatic heterocycles. The second-order valence-corrected chi connectivity index (χ2v) is 5.48. The summed E-state index contributed by atoms with van der Waals surface area (Å²) in [5.74, 6) is 0.183. The van der Waals surface area contributed by atoms with E-state index in [1.165, 1.54) is 0 Å². The van der Waals surface area contributed by atoms with Gasteiger partial charge >= 0.3 is 6.03 Å². The Morgan fingerprint density at radius 3 is 2.52 bits per heavy atom. The lowest BCUT2D eigenvalue weighted by Gasteiger charge is -2.11. The molecular weight excluding hydrogens is 312 g/mol. The van der Waals surface area contributed by atoms with Crippen LogP contribution in [0.3, 0.4) is 0 Å². The third-order valence-corrected chi connectivity index (χ3v) is 3.91. The molecule has 0 aliphatic rings. The first kappa shape index (κ1) is 15.2. The topological polar surface area (TPSA) is 61.4 Å². The van der Waals surface area contributed by atoms with Crippen molar-refractivity contribution in [3.8, 4) is 5.75 Å². The lowest BCUT2D eigenvalue weighted by molar-refractivity contribution is 0.252. The molecule has 0 bridgehead atoms. The molecule has 3 aromatic rings. The number of hydrogen-bond donors (Lipinski definition) is 3. The minimum atomic E-state index is -0.333. The highest BCUT2D eigenvalue weighted by atomic mass is 35.5. The van der Waals surface area contributed by atoms with Crippen LogP contribution in [0.15, 0.2) is 60.7 Å². The minimum absolute atomic E-state index is 0.183. The highest BCUT2D eigenvalue weighted by Crippen LogP contribution is 2.29. The Hall–Kier alpha value is -2.72. The number of urea groups is 1. The Labute approximate surface area is 138 Å². The predicted octanol–water partition coefficient (Wildman–Crippen LogP) is 4.52. The quantitative estimate of drug-likeness (QED) is 0.662. The number of carbonyl (C=O) groups excluding carboxylic acids is 1. The van der Waals surface area contributed by atoms with Crippen molar-refractivity contribution in [3.63, 3.8) is 0 Å². The Kier molecular flexibility index (Phi) is 4.35. The second kappa shape index (κ2) is 6.58. The maximum absolute atomic E-state index is 12.1. The van der Waals surface area contributed by atoms with Gasteiger partial charge in [0, 0.05) is 22.3 Å². The van der Waals surface area contributed by atoms with E-state index in [4.69, 9.17) is 11.6 Å². The van der Waals surface area contributed by atoms with Crippen LogP contribution in [0.4, 0.5) is 10.5 Å². The van der Waals surface area contributed by atoms with Crippen molar-refractivity contribution in [3.05, 3.63) is 71.2 Å². The molecule has 4 nitrogen and oxygen atoms in total. The molecule has 0 atom stereocenters. The molecule has 3 rings (SSSR count). The first-order valence-corrected chi connectivity index (χ1v) is 7.52. The van der Waals surface area contributed by atoms with Gasteiger partial charge in [-0.15, -0.1) is 0 Å². The number of amides is 2. The summed E-state index contributed by atoms with van der Waals surface area (Å²) in [6, 6.07) is 17.6. The zero-order valence-corrected chi connectivity index (χ0v) is 13.0. The van der Waals surface area contributed by atoms with Crippen LogP contribution in [0.1, 0.15) is 5.56 Å². The van der Waals surface area contributed by atoms with Crippen LogP contribution in [0.5, 0.6) is 5.75 Å². The normalized spacial score (nSPS) is 10.5. The summed E-state index contributed by atoms with van der Waals surface area (Å²) in [6.07, 6.45) is 0. The van der Waals surface area contributed by atoms with Crippen LogP contribution in [0.25, 0.3) is 10.8 Å². The monoisotopic (exact) mass is 326 g/mol. The number of hydrogen-bond acceptors (Lipinski definition) is 2. The number of anilines is 1. The zero-order valence-electron chi connectivity index (χ0n) is 12.2. The lowest BCUT2D eigenvalue weighted by atomic mass is 10.1. The Balaban J connectivity index is 1.74. The number of halogens is 1. The van der Waals surface area contributed by atoms with Crippen LogP contribution < -0.4 is 10.6 Å². The highest BCUT2D eigenvalue weighted by molar-refractivity contribution is 6.31. The third kappa shape index (κ3) is 3.38. The van der Waals surface area contributed by atoms with Crippen LogP contribution in [0.2, 0.25) is 5.02 Å². The molecule has 116 valence electrons. The zero-order chi connectivity index (χ0) is 16.2. The SMILES string of the molecule is O=C(NCc1ccccc1Cl)Nc1cccc2c(O)cccc12. The molecule has 2 amide bonds. The van der Waals surface area contributed by atoms with E-state index < -0.39 is 0 Å². The van der Waals surface area contributed by atoms with Crippen molar-refractivity contribution < 1.29 is 9.90 Å². The number of nitrogens with one attached hydrogen (secondary N) is 2. The van der Waals surface area contributed by atoms with E-state index in [9.17, 15) is 9.90 Å². The molecular formula is C18H15ClN2O2. The molecule has 0 radical (unpaired) electrons. The van der Waals surface area contributed by atoms with Gasteiger partial charge in [0.25, 0.3) is 0 Å². The smallest absolute Gasteiger partial charge is 0.319 e. The molecule has 0 saturated carbocycles. The summed E-state index contributed by atoms with van der Waals surface area (Å²) in [5, 5.41) is 17.5. The fraction of sp³-hybridized carbons (Fsp3) is 0.0556. The van der Waals surface area contributed by atoms with E-state index in [2.05, 4.69) is 10.6 Å². The first-order chi connectivity index (χ1) is 11.1. The van der Waals surface area contributed by atoms with Gasteiger partial charge in [-0.05, 0) is 23.8 Å². The highest BCUT2D eigenvalue weighted by Gasteiger charge is 2.08. The lowest BCUT2D eigenvalue weighted by Crippen LogP contribution is -2.28. The van der Waals surface area contributed by atoms with Crippen LogP contribution in [-0.2, 0) is 6.54 Å². The van der Waals surface area contributed by atoms with E-state index in [0.29, 0.717) is 22.6 Å². The molecule has 3 aromatic carbocycles. The largest absolute Gasteiger partial charge is 0.507 e. The van der Waals surface area contributed by atoms with Gasteiger partial charge < -0.3 is 15.7 Å². The summed E-state index contributed by atoms with van der Waals surface area (Å²) in [5.41, 5.74) is 1.48. The molecule has 23 heavy (non-hydrogen) atoms. The van der Waals surface area contributed by atoms with Crippen LogP contribution >= 0.6 is 11.6 Å². The molecule has 0 fully saturated rings. The Morgan fingerprint density at radius 2 is 1.70 bits per heavy atom. The standard InChI is InChI=1S/C18H15ClN2O2/c19-15-8-2-1-5-12(15)11-20-18(23)21-16-9-3-7-14-13(16)6-4-10-17(14)22/h1-10,22H,11H2,(H2,20,21,23). The first-order valence-electron chi connectivity index (χ1n) is 7.14. The van der Waals surface area contributed by atoms with Gasteiger partial charge in [0.1, 0.15) is 5.75 Å². The van der Waals surface area contributed by atoms with Crippen LogP contribution in [-0.4, -0.2) is 11.1 Å². The Morgan fingerprint density at radius 1 is 0.957 bits per heavy atom. The second-order valence-electron chi connectivity index (χ2n) is 5.08. The number of fused-ring (bicyclic) bond motifs is 1. The van der Waals surface area contributed by atoms with Crippen molar-refractivity contribution in [1.29, 1.82) is 0 Å². The number of aromatic hydroxyl groups is 1. The van der Waals surface area contributed by atoms with Gasteiger partial charge in [0.2, 0.25) is 0 Å². The third-order valence-electron chi connectivity index (χ3n) is 3.54. The van der Waals surface area contributed by atoms with Gasteiger partial charge in [0.05, 0.1) is 5.69 Å². The average molecular weight is 327 g/mol. The van der Waals surface area contributed by atoms with Gasteiger partial charge in [0.15, 0.2) is 0 Å². The Bertz CT molecular complexity index is 865. The number of phenolic OH excluding ortho intramolecular Hbond substituents is 1. The maximum Gasteiger partial charge on any atom is 0.319 e. The fourth-order valence-electron chi connectivity index (χ4n) is 2.39. The summed E-state index contributed by atoms with van der Waals surface area (Å²) in [7, 11) is 0. The van der Waals surface area contributed by atoms with Crippen LogP contribution in [0, 0.1) is 0 Å². The predicted molar refractivity (Wildman–Crippen MR) is 92.9 cm³/mol. The van der Waals surface area contributed by atoms with E-state index in [1.54, 1.807) is 36.4 Å². The van der Waals surface area contributed by atoms with Crippen molar-refractivity contribution >= 4 is 34.1 Å². The minimum Gasteiger partial charge on any atom is -0.507 e. The van der Waals surface area contributed by atoms with Crippen molar-refractivity contribution in [1.82, 2.24) is 5.32 Å². The molecule has 0 aliphatic heterocycles. The number of phenols is 1. The van der Waals surface area contributed by atoms with E-state index in [0.717, 1.165) is 10.9 Å². The molecule has 0 heterocycles. The van der Waals surface area contributed by atoms with E-state index >= 15 is 0 Å². The molecule has 0 unspecified atom stereocenters. The molecule has 0 spiro atoms.